The second kappa shape index (κ2) is 16.3. The third-order valence-corrected chi connectivity index (χ3v) is 7.68. The summed E-state index contributed by atoms with van der Waals surface area (Å²) in [6.07, 6.45) is 0.117. The fourth-order valence-electron chi connectivity index (χ4n) is 4.87. The number of carbonyl (C=O) groups excluding carboxylic acids is 6. The molecular formula is C31H45N3O10. The number of hydrogen-bond donors (Lipinski definition) is 0. The van der Waals surface area contributed by atoms with Crippen LogP contribution in [0.1, 0.15) is 60.3 Å². The van der Waals surface area contributed by atoms with Gasteiger partial charge in [-0.15, -0.1) is 5.06 Å². The Kier molecular flexibility index (Phi) is 13.5. The molecule has 0 aromatic heterocycles. The maximum atomic E-state index is 13.1. The average molecular weight is 620 g/mol. The van der Waals surface area contributed by atoms with Gasteiger partial charge in [-0.3, -0.25) is 19.2 Å². The summed E-state index contributed by atoms with van der Waals surface area (Å²) in [5, 5.41) is 0.924. The smallest absolute Gasteiger partial charge is 0.409 e. The second-order valence-electron chi connectivity index (χ2n) is 11.4. The highest BCUT2D eigenvalue weighted by molar-refractivity contribution is 6.25. The van der Waals surface area contributed by atoms with E-state index in [4.69, 9.17) is 19.0 Å². The van der Waals surface area contributed by atoms with Crippen LogP contribution in [0.4, 0.5) is 4.79 Å². The van der Waals surface area contributed by atoms with Gasteiger partial charge in [0.1, 0.15) is 0 Å². The van der Waals surface area contributed by atoms with Gasteiger partial charge in [-0.1, -0.05) is 20.4 Å². The molecular weight excluding hydrogens is 574 g/mol. The molecule has 1 heterocycles. The third-order valence-electron chi connectivity index (χ3n) is 7.68. The molecule has 244 valence electrons. The molecule has 1 aliphatic heterocycles. The zero-order chi connectivity index (χ0) is 33.2. The van der Waals surface area contributed by atoms with E-state index < -0.39 is 17.5 Å². The molecule has 0 unspecified atom stereocenters. The van der Waals surface area contributed by atoms with E-state index in [1.54, 1.807) is 41.7 Å². The Morgan fingerprint density at radius 1 is 0.864 bits per heavy atom. The van der Waals surface area contributed by atoms with Crippen molar-refractivity contribution in [1.29, 1.82) is 0 Å². The number of ketones is 2. The monoisotopic (exact) mass is 619 g/mol. The van der Waals surface area contributed by atoms with Crippen molar-refractivity contribution in [3.63, 3.8) is 0 Å². The van der Waals surface area contributed by atoms with E-state index in [2.05, 4.69) is 6.58 Å². The van der Waals surface area contributed by atoms with Crippen LogP contribution in [0.3, 0.4) is 0 Å². The molecule has 0 spiro atoms. The first-order valence-corrected chi connectivity index (χ1v) is 14.5. The minimum absolute atomic E-state index is 0.00620. The largest absolute Gasteiger partial charge is 0.453 e. The van der Waals surface area contributed by atoms with Crippen LogP contribution < -0.4 is 0 Å². The van der Waals surface area contributed by atoms with Crippen LogP contribution in [-0.2, 0) is 43.0 Å². The molecule has 0 radical (unpaired) electrons. The van der Waals surface area contributed by atoms with Crippen LogP contribution in [0.25, 0.3) is 0 Å². The van der Waals surface area contributed by atoms with Gasteiger partial charge in [-0.2, -0.15) is 0 Å². The third kappa shape index (κ3) is 9.58. The summed E-state index contributed by atoms with van der Waals surface area (Å²) in [5.41, 5.74) is 1.12. The Balaban J connectivity index is 1.74. The van der Waals surface area contributed by atoms with E-state index in [9.17, 15) is 28.8 Å². The molecule has 0 bridgehead atoms. The zero-order valence-corrected chi connectivity index (χ0v) is 26.9. The summed E-state index contributed by atoms with van der Waals surface area (Å²) in [6, 6.07) is 0. The maximum absolute atomic E-state index is 13.1. The quantitative estimate of drug-likeness (QED) is 0.186. The normalized spacial score (nSPS) is 15.8. The summed E-state index contributed by atoms with van der Waals surface area (Å²) in [4.78, 5) is 82.4. The molecule has 13 heteroatoms. The van der Waals surface area contributed by atoms with Crippen molar-refractivity contribution in [2.75, 3.05) is 60.2 Å². The number of hydrogen-bond acceptors (Lipinski definition) is 10. The maximum Gasteiger partial charge on any atom is 0.409 e. The van der Waals surface area contributed by atoms with Crippen LogP contribution in [0.2, 0.25) is 0 Å². The molecule has 0 saturated carbocycles. The van der Waals surface area contributed by atoms with Gasteiger partial charge in [0.2, 0.25) is 5.91 Å². The topological polar surface area (TPSA) is 149 Å². The van der Waals surface area contributed by atoms with Gasteiger partial charge in [-0.05, 0) is 27.2 Å². The molecule has 2 rings (SSSR count). The number of carbonyl (C=O) groups is 6. The van der Waals surface area contributed by atoms with Crippen LogP contribution >= 0.6 is 0 Å². The number of allylic oxidation sites excluding steroid dienone is 5. The lowest BCUT2D eigenvalue weighted by Crippen LogP contribution is -2.42. The van der Waals surface area contributed by atoms with Crippen LogP contribution in [-0.4, -0.2) is 111 Å². The average Bonchev–Trinajstić information content (AvgIpc) is 3.28. The SMILES string of the molecule is C=C1CCC(=O)N1OC(=O)CCOCCOCCN(CCN(C)C(=O)CC(C)(C)C1=C(C)C(=O)C(C)=C(C)C1=O)C(=O)OC. The minimum atomic E-state index is -0.871. The fourth-order valence-corrected chi connectivity index (χ4v) is 4.87. The molecule has 44 heavy (non-hydrogen) atoms. The summed E-state index contributed by atoms with van der Waals surface area (Å²) in [7, 11) is 2.87. The highest BCUT2D eigenvalue weighted by Gasteiger charge is 2.39. The number of likely N-dealkylation sites (N-methyl/N-ethyl adjacent to an activating group) is 1. The summed E-state index contributed by atoms with van der Waals surface area (Å²) < 4.78 is 15.8. The summed E-state index contributed by atoms with van der Waals surface area (Å²) in [6.45, 7) is 13.4. The van der Waals surface area contributed by atoms with E-state index >= 15 is 0 Å². The van der Waals surface area contributed by atoms with Gasteiger partial charge in [0, 0.05) is 67.2 Å². The lowest BCUT2D eigenvalue weighted by molar-refractivity contribution is -0.187. The van der Waals surface area contributed by atoms with Gasteiger partial charge in [-0.25, -0.2) is 9.59 Å². The van der Waals surface area contributed by atoms with E-state index in [0.717, 1.165) is 5.06 Å². The van der Waals surface area contributed by atoms with Crippen LogP contribution in [0, 0.1) is 5.41 Å². The first kappa shape index (κ1) is 36.4. The minimum Gasteiger partial charge on any atom is -0.453 e. The number of rotatable bonds is 16. The fraction of sp³-hybridized carbons (Fsp3) is 0.613. The second-order valence-corrected chi connectivity index (χ2v) is 11.4. The van der Waals surface area contributed by atoms with Gasteiger partial charge in [0.05, 0.1) is 45.7 Å². The molecule has 1 saturated heterocycles. The molecule has 2 aliphatic rings. The predicted molar refractivity (Wildman–Crippen MR) is 159 cm³/mol. The highest BCUT2D eigenvalue weighted by Crippen LogP contribution is 2.39. The van der Waals surface area contributed by atoms with Crippen molar-refractivity contribution in [1.82, 2.24) is 14.9 Å². The Hall–Kier alpha value is -3.84. The summed E-state index contributed by atoms with van der Waals surface area (Å²) >= 11 is 0. The number of nitrogens with zero attached hydrogens (tertiary/aromatic N) is 3. The molecule has 1 fully saturated rings. The Morgan fingerprint density at radius 3 is 2.07 bits per heavy atom. The van der Waals surface area contributed by atoms with Crippen molar-refractivity contribution in [3.8, 4) is 0 Å². The van der Waals surface area contributed by atoms with Gasteiger partial charge < -0.3 is 28.8 Å². The van der Waals surface area contributed by atoms with E-state index in [1.807, 2.05) is 0 Å². The van der Waals surface area contributed by atoms with Crippen molar-refractivity contribution in [3.05, 3.63) is 34.6 Å². The molecule has 0 N–H and O–H groups in total. The Bertz CT molecular complexity index is 1220. The van der Waals surface area contributed by atoms with Gasteiger partial charge in [0.25, 0.3) is 5.91 Å². The molecule has 13 nitrogen and oxygen atoms in total. The van der Waals surface area contributed by atoms with Gasteiger partial charge in [0.15, 0.2) is 11.6 Å². The van der Waals surface area contributed by atoms with Crippen molar-refractivity contribution < 1.29 is 47.8 Å². The molecule has 1 aliphatic carbocycles. The Labute approximate surface area is 258 Å². The molecule has 0 aromatic carbocycles. The molecule has 3 amide bonds. The highest BCUT2D eigenvalue weighted by atomic mass is 16.7. The van der Waals surface area contributed by atoms with Gasteiger partial charge >= 0.3 is 12.1 Å². The van der Waals surface area contributed by atoms with E-state index in [0.29, 0.717) is 34.4 Å². The lowest BCUT2D eigenvalue weighted by Gasteiger charge is -2.33. The number of ether oxygens (including phenoxy) is 3. The Morgan fingerprint density at radius 2 is 1.48 bits per heavy atom. The standard InChI is InChI=1S/C31H45N3O10/c1-20-9-10-24(35)34(20)44-26(37)11-15-42-17-18-43-16-14-33(30(40)41-8)13-12-32(7)25(36)19-31(5,6)27-23(4)28(38)21(2)22(3)29(27)39/h1,9-19H2,2-8H3. The first-order chi connectivity index (χ1) is 20.6. The van der Waals surface area contributed by atoms with Crippen LogP contribution in [0.5, 0.6) is 0 Å². The molecule has 0 atom stereocenters. The zero-order valence-electron chi connectivity index (χ0n) is 26.9. The lowest BCUT2D eigenvalue weighted by atomic mass is 9.71. The van der Waals surface area contributed by atoms with E-state index in [-0.39, 0.29) is 88.7 Å². The molecule has 0 aromatic rings. The number of amides is 3. The summed E-state index contributed by atoms with van der Waals surface area (Å²) in [5.74, 6) is -1.54. The van der Waals surface area contributed by atoms with Crippen molar-refractivity contribution >= 4 is 35.4 Å². The number of methoxy groups -OCH3 is 1. The first-order valence-electron chi connectivity index (χ1n) is 14.5. The predicted octanol–water partition coefficient (Wildman–Crippen LogP) is 2.75. The number of hydroxylamine groups is 2. The van der Waals surface area contributed by atoms with Crippen LogP contribution in [0.15, 0.2) is 34.6 Å². The van der Waals surface area contributed by atoms with E-state index in [1.165, 1.54) is 16.9 Å². The van der Waals surface area contributed by atoms with Crippen molar-refractivity contribution in [2.45, 2.75) is 60.3 Å². The van der Waals surface area contributed by atoms with Crippen molar-refractivity contribution in [2.24, 2.45) is 5.41 Å². The number of Topliss-reactive ketones (excluding diaryl/α,β-unsaturated/α-hetero) is 2.